The summed E-state index contributed by atoms with van der Waals surface area (Å²) in [6, 6.07) is 12.1. The molecular weight excluding hydrogens is 359 g/mol. The molecule has 1 heterocycles. The van der Waals surface area contributed by atoms with E-state index in [9.17, 15) is 4.79 Å². The van der Waals surface area contributed by atoms with Crippen molar-refractivity contribution in [3.63, 3.8) is 0 Å². The van der Waals surface area contributed by atoms with Crippen molar-refractivity contribution in [2.75, 3.05) is 0 Å². The van der Waals surface area contributed by atoms with Crippen LogP contribution in [-0.4, -0.2) is 5.78 Å². The molecule has 119 valence electrons. The van der Waals surface area contributed by atoms with E-state index >= 15 is 0 Å². The van der Waals surface area contributed by atoms with Crippen LogP contribution in [0, 0.1) is 19.8 Å². The van der Waals surface area contributed by atoms with Gasteiger partial charge in [-0.3, -0.25) is 4.79 Å². The van der Waals surface area contributed by atoms with E-state index in [0.717, 1.165) is 6.42 Å². The topological polar surface area (TPSA) is 20.9 Å². The second-order valence-corrected chi connectivity index (χ2v) is 6.48. The van der Waals surface area contributed by atoms with Crippen LogP contribution in [0.2, 0.25) is 0 Å². The number of hydrogen-bond acceptors (Lipinski definition) is 1. The predicted molar refractivity (Wildman–Crippen MR) is 89.8 cm³/mol. The molecule has 23 heavy (non-hydrogen) atoms. The molecule has 2 aromatic rings. The Morgan fingerprint density at radius 1 is 1.00 bits per heavy atom. The molecular formula is C20H26NOY+. The van der Waals surface area contributed by atoms with Crippen molar-refractivity contribution in [1.29, 1.82) is 0 Å². The third-order valence-corrected chi connectivity index (χ3v) is 4.16. The van der Waals surface area contributed by atoms with E-state index in [1.807, 2.05) is 30.6 Å². The average Bonchev–Trinajstić information content (AvgIpc) is 2.49. The average molecular weight is 385 g/mol. The van der Waals surface area contributed by atoms with Gasteiger partial charge in [0.15, 0.2) is 12.4 Å². The van der Waals surface area contributed by atoms with Crippen LogP contribution in [0.25, 0.3) is 0 Å². The van der Waals surface area contributed by atoms with Gasteiger partial charge in [-0.15, -0.1) is 0 Å². The minimum atomic E-state index is -0.0831. The molecule has 0 fully saturated rings. The first-order valence-electron chi connectivity index (χ1n) is 8.02. The minimum Gasteiger partial charge on any atom is -0.292 e. The largest absolute Gasteiger partial charge is 0.292 e. The summed E-state index contributed by atoms with van der Waals surface area (Å²) < 4.78 is 2.05. The summed E-state index contributed by atoms with van der Waals surface area (Å²) in [6.07, 6.45) is 5.38. The number of carbonyl (C=O) groups excluding carboxylic acids is 1. The minimum absolute atomic E-state index is 0. The van der Waals surface area contributed by atoms with Crippen LogP contribution in [-0.2, 0) is 43.9 Å². The molecule has 1 unspecified atom stereocenters. The molecule has 2 nitrogen and oxygen atoms in total. The normalized spacial score (nSPS) is 11.9. The van der Waals surface area contributed by atoms with Crippen LogP contribution >= 0.6 is 0 Å². The number of ketones is 1. The van der Waals surface area contributed by atoms with Crippen LogP contribution in [0.1, 0.15) is 43.0 Å². The third-order valence-electron chi connectivity index (χ3n) is 4.16. The number of pyridine rings is 1. The molecule has 0 saturated heterocycles. The van der Waals surface area contributed by atoms with Crippen molar-refractivity contribution >= 4 is 5.78 Å². The fourth-order valence-corrected chi connectivity index (χ4v) is 2.91. The fraction of sp³-hybridized carbons (Fsp3) is 0.400. The van der Waals surface area contributed by atoms with E-state index < -0.39 is 0 Å². The van der Waals surface area contributed by atoms with Crippen molar-refractivity contribution < 1.29 is 42.1 Å². The number of Topliss-reactive ketones (excluding diaryl/α,β-unsaturated/α-hetero) is 1. The molecule has 0 aliphatic heterocycles. The maximum Gasteiger partial charge on any atom is 0.216 e. The summed E-state index contributed by atoms with van der Waals surface area (Å²) in [6.45, 7) is 8.51. The molecule has 2 rings (SSSR count). The number of carbonyl (C=O) groups is 1. The molecule has 1 atom stereocenters. The molecule has 1 radical (unpaired) electrons. The zero-order valence-corrected chi connectivity index (χ0v) is 17.5. The number of rotatable bonds is 6. The van der Waals surface area contributed by atoms with Crippen LogP contribution in [0.3, 0.4) is 0 Å². The summed E-state index contributed by atoms with van der Waals surface area (Å²) in [5.74, 6) is 0.780. The van der Waals surface area contributed by atoms with Gasteiger partial charge in [0, 0.05) is 57.7 Å². The van der Waals surface area contributed by atoms with Crippen LogP contribution < -0.4 is 4.57 Å². The Morgan fingerprint density at radius 2 is 1.57 bits per heavy atom. The predicted octanol–water partition coefficient (Wildman–Crippen LogP) is 3.99. The first-order chi connectivity index (χ1) is 10.5. The van der Waals surface area contributed by atoms with Gasteiger partial charge in [0.1, 0.15) is 0 Å². The zero-order valence-electron chi connectivity index (χ0n) is 14.6. The number of benzene rings is 1. The standard InChI is InChI=1S/C20H26NO.Y/c1-15(2)13-19(21-11-6-5-7-12-21)20(22)14-18-16(3)9-8-10-17(18)4;/h5-12,15,19H,13-14H2,1-4H3;/q+1;. The van der Waals surface area contributed by atoms with Gasteiger partial charge in [-0.25, -0.2) is 0 Å². The van der Waals surface area contributed by atoms with Gasteiger partial charge in [0.25, 0.3) is 0 Å². The Bertz CT molecular complexity index is 617. The van der Waals surface area contributed by atoms with Gasteiger partial charge in [-0.1, -0.05) is 38.1 Å². The summed E-state index contributed by atoms with van der Waals surface area (Å²) in [7, 11) is 0. The Kier molecular flexibility index (Phi) is 8.29. The van der Waals surface area contributed by atoms with E-state index in [2.05, 4.69) is 50.5 Å². The number of hydrogen-bond donors (Lipinski definition) is 0. The van der Waals surface area contributed by atoms with E-state index in [1.165, 1.54) is 16.7 Å². The summed E-state index contributed by atoms with van der Waals surface area (Å²) in [5, 5.41) is 0. The van der Waals surface area contributed by atoms with E-state index in [4.69, 9.17) is 0 Å². The van der Waals surface area contributed by atoms with Gasteiger partial charge in [0.2, 0.25) is 11.8 Å². The Balaban J connectivity index is 0.00000264. The van der Waals surface area contributed by atoms with Gasteiger partial charge in [-0.2, -0.15) is 4.57 Å². The van der Waals surface area contributed by atoms with E-state index in [-0.39, 0.29) is 38.8 Å². The van der Waals surface area contributed by atoms with Crippen LogP contribution in [0.4, 0.5) is 0 Å². The second-order valence-electron chi connectivity index (χ2n) is 6.48. The quantitative estimate of drug-likeness (QED) is 0.689. The monoisotopic (exact) mass is 385 g/mol. The molecule has 0 spiro atoms. The van der Waals surface area contributed by atoms with Crippen molar-refractivity contribution in [3.8, 4) is 0 Å². The van der Waals surface area contributed by atoms with Gasteiger partial charge in [0.05, 0.1) is 0 Å². The first kappa shape index (κ1) is 20.2. The number of aryl methyl sites for hydroxylation is 2. The Labute approximate surface area is 165 Å². The molecule has 1 aromatic heterocycles. The summed E-state index contributed by atoms with van der Waals surface area (Å²) >= 11 is 0. The third kappa shape index (κ3) is 5.62. The van der Waals surface area contributed by atoms with Gasteiger partial charge >= 0.3 is 0 Å². The smallest absolute Gasteiger partial charge is 0.216 e. The molecule has 0 aliphatic carbocycles. The van der Waals surface area contributed by atoms with Crippen LogP contribution in [0.15, 0.2) is 48.8 Å². The van der Waals surface area contributed by atoms with Crippen molar-refractivity contribution in [2.24, 2.45) is 5.92 Å². The summed E-state index contributed by atoms with van der Waals surface area (Å²) in [5.41, 5.74) is 3.59. The molecule has 0 amide bonds. The molecule has 0 bridgehead atoms. The maximum atomic E-state index is 12.9. The molecule has 0 N–H and O–H groups in total. The SMILES string of the molecule is Cc1cccc(C)c1CC(=O)C(CC(C)C)[n+]1ccccc1.[Y]. The van der Waals surface area contributed by atoms with Crippen LogP contribution in [0.5, 0.6) is 0 Å². The fourth-order valence-electron chi connectivity index (χ4n) is 2.91. The Morgan fingerprint density at radius 3 is 2.09 bits per heavy atom. The maximum absolute atomic E-state index is 12.9. The van der Waals surface area contributed by atoms with Crippen molar-refractivity contribution in [2.45, 2.75) is 46.6 Å². The Hall–Kier alpha value is -0.856. The van der Waals surface area contributed by atoms with Crippen molar-refractivity contribution in [1.82, 2.24) is 0 Å². The molecule has 1 aromatic carbocycles. The molecule has 0 saturated carbocycles. The van der Waals surface area contributed by atoms with Gasteiger partial charge < -0.3 is 0 Å². The number of nitrogens with zero attached hydrogens (tertiary/aromatic N) is 1. The first-order valence-corrected chi connectivity index (χ1v) is 8.02. The molecule has 3 heteroatoms. The van der Waals surface area contributed by atoms with Gasteiger partial charge in [-0.05, 0) is 36.5 Å². The number of aromatic nitrogens is 1. The van der Waals surface area contributed by atoms with Crippen molar-refractivity contribution in [3.05, 3.63) is 65.5 Å². The molecule has 0 aliphatic rings. The summed E-state index contributed by atoms with van der Waals surface area (Å²) in [4.78, 5) is 12.9. The van der Waals surface area contributed by atoms with E-state index in [1.54, 1.807) is 0 Å². The van der Waals surface area contributed by atoms with E-state index in [0.29, 0.717) is 18.1 Å². The second kappa shape index (κ2) is 9.44. The zero-order chi connectivity index (χ0) is 16.1.